The van der Waals surface area contributed by atoms with Crippen LogP contribution >= 0.6 is 0 Å². The van der Waals surface area contributed by atoms with Crippen LogP contribution in [-0.4, -0.2) is 36.2 Å². The molecule has 0 unspecified atom stereocenters. The molecule has 0 bridgehead atoms. The van der Waals surface area contributed by atoms with Crippen molar-refractivity contribution in [2.45, 2.75) is 12.7 Å². The van der Waals surface area contributed by atoms with Crippen LogP contribution in [-0.2, 0) is 17.5 Å². The normalized spacial score (nSPS) is 17.8. The Hall–Kier alpha value is -1.53. The smallest absolute Gasteiger partial charge is 0.379 e. The number of ether oxygens (including phenoxy) is 1. The summed E-state index contributed by atoms with van der Waals surface area (Å²) in [5.41, 5.74) is 0.225. The van der Waals surface area contributed by atoms with E-state index in [0.717, 1.165) is 0 Å². The van der Waals surface area contributed by atoms with Gasteiger partial charge in [-0.3, -0.25) is 4.90 Å². The molecule has 3 nitrogen and oxygen atoms in total. The third-order valence-electron chi connectivity index (χ3n) is 3.58. The van der Waals surface area contributed by atoms with Gasteiger partial charge in [0.25, 0.3) is 0 Å². The van der Waals surface area contributed by atoms with Crippen LogP contribution in [0.5, 0.6) is 0 Å². The molecule has 6 heteroatoms. The minimum absolute atomic E-state index is 0.294. The minimum atomic E-state index is -4.36. The average molecular weight is 284 g/mol. The van der Waals surface area contributed by atoms with Gasteiger partial charge in [-0.15, -0.1) is 0 Å². The zero-order valence-electron chi connectivity index (χ0n) is 10.8. The lowest BCUT2D eigenvalue weighted by Gasteiger charge is -2.27. The highest BCUT2D eigenvalue weighted by atomic mass is 19.4. The van der Waals surface area contributed by atoms with Crippen molar-refractivity contribution in [1.29, 1.82) is 0 Å². The van der Waals surface area contributed by atoms with E-state index in [2.05, 4.69) is 4.98 Å². The Balaban J connectivity index is 2.01. The molecule has 0 radical (unpaired) electrons. The van der Waals surface area contributed by atoms with Crippen LogP contribution in [0.15, 0.2) is 24.3 Å². The van der Waals surface area contributed by atoms with E-state index < -0.39 is 11.9 Å². The molecular formula is C14H15F3N2O. The summed E-state index contributed by atoms with van der Waals surface area (Å²) < 4.78 is 44.7. The van der Waals surface area contributed by atoms with Gasteiger partial charge < -0.3 is 9.72 Å². The molecule has 108 valence electrons. The Morgan fingerprint density at radius 3 is 2.55 bits per heavy atom. The lowest BCUT2D eigenvalue weighted by molar-refractivity contribution is -0.141. The first-order valence-corrected chi connectivity index (χ1v) is 6.52. The highest BCUT2D eigenvalue weighted by Gasteiger charge is 2.36. The third kappa shape index (κ3) is 2.53. The van der Waals surface area contributed by atoms with Crippen molar-refractivity contribution in [1.82, 2.24) is 9.88 Å². The Morgan fingerprint density at radius 1 is 1.15 bits per heavy atom. The van der Waals surface area contributed by atoms with Crippen LogP contribution in [0.3, 0.4) is 0 Å². The summed E-state index contributed by atoms with van der Waals surface area (Å²) in [5, 5.41) is 0.645. The molecule has 0 aliphatic carbocycles. The van der Waals surface area contributed by atoms with E-state index in [0.29, 0.717) is 49.3 Å². The highest BCUT2D eigenvalue weighted by Crippen LogP contribution is 2.36. The van der Waals surface area contributed by atoms with E-state index in [-0.39, 0.29) is 0 Å². The van der Waals surface area contributed by atoms with Crippen molar-refractivity contribution in [3.8, 4) is 0 Å². The second-order valence-electron chi connectivity index (χ2n) is 4.91. The van der Waals surface area contributed by atoms with Crippen LogP contribution in [0, 0.1) is 0 Å². The Labute approximate surface area is 114 Å². The van der Waals surface area contributed by atoms with Crippen LogP contribution in [0.25, 0.3) is 10.9 Å². The van der Waals surface area contributed by atoms with Gasteiger partial charge in [0.2, 0.25) is 0 Å². The largest absolute Gasteiger partial charge is 0.431 e. The van der Waals surface area contributed by atoms with Gasteiger partial charge in [0, 0.05) is 36.1 Å². The molecule has 1 aromatic heterocycles. The minimum Gasteiger partial charge on any atom is -0.379 e. The average Bonchev–Trinajstić information content (AvgIpc) is 2.79. The molecule has 1 aromatic carbocycles. The molecule has 3 rings (SSSR count). The maximum atomic E-state index is 13.2. The SMILES string of the molecule is FC(F)(F)c1[nH]c2ccccc2c1CN1CCOCC1. The van der Waals surface area contributed by atoms with Crippen LogP contribution in [0.1, 0.15) is 11.3 Å². The summed E-state index contributed by atoms with van der Waals surface area (Å²) in [6.45, 7) is 2.77. The standard InChI is InChI=1S/C14H15F3N2O/c15-14(16,17)13-11(9-19-5-7-20-8-6-19)10-3-1-2-4-12(10)18-13/h1-4,18H,5-9H2. The number of halogens is 3. The van der Waals surface area contributed by atoms with E-state index in [4.69, 9.17) is 4.74 Å². The van der Waals surface area contributed by atoms with E-state index >= 15 is 0 Å². The summed E-state index contributed by atoms with van der Waals surface area (Å²) in [5.74, 6) is 0. The van der Waals surface area contributed by atoms with E-state index in [9.17, 15) is 13.2 Å². The molecule has 0 amide bonds. The molecule has 1 aliphatic heterocycles. The number of aromatic amines is 1. The number of para-hydroxylation sites is 1. The number of rotatable bonds is 2. The fourth-order valence-electron chi connectivity index (χ4n) is 2.59. The molecule has 2 aromatic rings. The lowest BCUT2D eigenvalue weighted by Crippen LogP contribution is -2.36. The Kier molecular flexibility index (Phi) is 3.43. The van der Waals surface area contributed by atoms with Gasteiger partial charge in [0.1, 0.15) is 5.69 Å². The van der Waals surface area contributed by atoms with Crippen LogP contribution < -0.4 is 0 Å². The quantitative estimate of drug-likeness (QED) is 0.918. The van der Waals surface area contributed by atoms with Gasteiger partial charge in [-0.05, 0) is 6.07 Å². The van der Waals surface area contributed by atoms with Crippen molar-refractivity contribution >= 4 is 10.9 Å². The van der Waals surface area contributed by atoms with Crippen molar-refractivity contribution in [2.75, 3.05) is 26.3 Å². The molecular weight excluding hydrogens is 269 g/mol. The number of H-pyrrole nitrogens is 1. The zero-order valence-corrected chi connectivity index (χ0v) is 10.8. The van der Waals surface area contributed by atoms with E-state index in [1.165, 1.54) is 0 Å². The summed E-state index contributed by atoms with van der Waals surface area (Å²) in [6, 6.07) is 6.90. The van der Waals surface area contributed by atoms with Gasteiger partial charge in [-0.1, -0.05) is 18.2 Å². The number of benzene rings is 1. The number of alkyl halides is 3. The van der Waals surface area contributed by atoms with Crippen molar-refractivity contribution in [3.63, 3.8) is 0 Å². The predicted molar refractivity (Wildman–Crippen MR) is 69.4 cm³/mol. The van der Waals surface area contributed by atoms with E-state index in [1.807, 2.05) is 4.90 Å². The van der Waals surface area contributed by atoms with E-state index in [1.54, 1.807) is 24.3 Å². The number of hydrogen-bond donors (Lipinski definition) is 1. The summed E-state index contributed by atoms with van der Waals surface area (Å²) >= 11 is 0. The number of morpholine rings is 1. The molecule has 0 atom stereocenters. The van der Waals surface area contributed by atoms with Gasteiger partial charge in [0.05, 0.1) is 13.2 Å². The molecule has 1 saturated heterocycles. The molecule has 1 N–H and O–H groups in total. The Morgan fingerprint density at radius 2 is 1.85 bits per heavy atom. The topological polar surface area (TPSA) is 28.3 Å². The number of fused-ring (bicyclic) bond motifs is 1. The monoisotopic (exact) mass is 284 g/mol. The van der Waals surface area contributed by atoms with Crippen molar-refractivity contribution in [2.24, 2.45) is 0 Å². The van der Waals surface area contributed by atoms with Gasteiger partial charge in [-0.2, -0.15) is 13.2 Å². The first-order valence-electron chi connectivity index (χ1n) is 6.52. The second-order valence-corrected chi connectivity index (χ2v) is 4.91. The summed E-state index contributed by atoms with van der Waals surface area (Å²) in [4.78, 5) is 4.51. The van der Waals surface area contributed by atoms with Gasteiger partial charge in [-0.25, -0.2) is 0 Å². The van der Waals surface area contributed by atoms with Crippen molar-refractivity contribution < 1.29 is 17.9 Å². The number of aromatic nitrogens is 1. The fourth-order valence-corrected chi connectivity index (χ4v) is 2.59. The lowest BCUT2D eigenvalue weighted by atomic mass is 10.1. The summed E-state index contributed by atoms with van der Waals surface area (Å²) in [6.07, 6.45) is -4.36. The fraction of sp³-hybridized carbons (Fsp3) is 0.429. The molecule has 1 aliphatic rings. The molecule has 0 saturated carbocycles. The number of nitrogens with one attached hydrogen (secondary N) is 1. The third-order valence-corrected chi connectivity index (χ3v) is 3.58. The molecule has 1 fully saturated rings. The predicted octanol–water partition coefficient (Wildman–Crippen LogP) is 3.02. The maximum absolute atomic E-state index is 13.2. The van der Waals surface area contributed by atoms with Crippen LogP contribution in [0.4, 0.5) is 13.2 Å². The first kappa shape index (κ1) is 13.5. The maximum Gasteiger partial charge on any atom is 0.431 e. The molecule has 20 heavy (non-hydrogen) atoms. The second kappa shape index (κ2) is 5.10. The van der Waals surface area contributed by atoms with Gasteiger partial charge >= 0.3 is 6.18 Å². The van der Waals surface area contributed by atoms with Crippen molar-refractivity contribution in [3.05, 3.63) is 35.5 Å². The molecule has 2 heterocycles. The number of nitrogens with zero attached hydrogens (tertiary/aromatic N) is 1. The summed E-state index contributed by atoms with van der Waals surface area (Å²) in [7, 11) is 0. The Bertz CT molecular complexity index is 600. The zero-order chi connectivity index (χ0) is 14.2. The van der Waals surface area contributed by atoms with Crippen LogP contribution in [0.2, 0.25) is 0 Å². The first-order chi connectivity index (χ1) is 9.55. The number of hydrogen-bond acceptors (Lipinski definition) is 2. The van der Waals surface area contributed by atoms with Gasteiger partial charge in [0.15, 0.2) is 0 Å². The highest BCUT2D eigenvalue weighted by molar-refractivity contribution is 5.84. The molecule has 0 spiro atoms.